The third-order valence-electron chi connectivity index (χ3n) is 5.90. The number of hydrogen-bond acceptors (Lipinski definition) is 2. The molecule has 3 atom stereocenters. The van der Waals surface area contributed by atoms with Crippen LogP contribution in [0, 0.1) is 11.8 Å². The molecule has 112 valence electrons. The first-order valence-corrected chi connectivity index (χ1v) is 8.56. The molecular weight excluding hydrogens is 232 g/mol. The lowest BCUT2D eigenvalue weighted by molar-refractivity contribution is 0.0414. The maximum atomic E-state index is 6.73. The van der Waals surface area contributed by atoms with Gasteiger partial charge in [-0.25, -0.2) is 0 Å². The number of rotatable bonds is 4. The summed E-state index contributed by atoms with van der Waals surface area (Å²) in [5.74, 6) is 1.68. The summed E-state index contributed by atoms with van der Waals surface area (Å²) < 4.78 is 0. The summed E-state index contributed by atoms with van der Waals surface area (Å²) in [7, 11) is 0. The highest BCUT2D eigenvalue weighted by Crippen LogP contribution is 2.37. The molecule has 1 heterocycles. The smallest absolute Gasteiger partial charge is 0.0306 e. The molecular formula is C17H34N2. The summed E-state index contributed by atoms with van der Waals surface area (Å²) in [6.45, 7) is 9.63. The van der Waals surface area contributed by atoms with Crippen LogP contribution in [0.15, 0.2) is 0 Å². The molecule has 1 saturated heterocycles. The lowest BCUT2D eigenvalue weighted by atomic mass is 9.72. The van der Waals surface area contributed by atoms with Crippen molar-refractivity contribution >= 4 is 0 Å². The van der Waals surface area contributed by atoms with Gasteiger partial charge in [0.2, 0.25) is 0 Å². The standard InChI is InChI=1S/C17H34N2/c1-4-14-9-8-10-15(13-14)16(18)17(2,3)19-11-6-5-7-12-19/h14-16H,4-13,18H2,1-3H3. The maximum absolute atomic E-state index is 6.73. The molecule has 0 aromatic rings. The van der Waals surface area contributed by atoms with Crippen LogP contribution in [0.2, 0.25) is 0 Å². The fourth-order valence-corrected chi connectivity index (χ4v) is 4.29. The summed E-state index contributed by atoms with van der Waals surface area (Å²) in [5, 5.41) is 0. The Hall–Kier alpha value is -0.0800. The van der Waals surface area contributed by atoms with Gasteiger partial charge >= 0.3 is 0 Å². The highest BCUT2D eigenvalue weighted by atomic mass is 15.2. The first kappa shape index (κ1) is 15.3. The Balaban J connectivity index is 1.97. The quantitative estimate of drug-likeness (QED) is 0.838. The first-order valence-electron chi connectivity index (χ1n) is 8.56. The lowest BCUT2D eigenvalue weighted by Gasteiger charge is -2.48. The molecule has 0 radical (unpaired) electrons. The van der Waals surface area contributed by atoms with E-state index in [0.717, 1.165) is 11.8 Å². The van der Waals surface area contributed by atoms with Crippen molar-refractivity contribution in [1.29, 1.82) is 0 Å². The van der Waals surface area contributed by atoms with Gasteiger partial charge in [0.05, 0.1) is 0 Å². The molecule has 0 spiro atoms. The van der Waals surface area contributed by atoms with Crippen molar-refractivity contribution in [2.24, 2.45) is 17.6 Å². The molecule has 1 aliphatic heterocycles. The molecule has 0 aromatic carbocycles. The van der Waals surface area contributed by atoms with Gasteiger partial charge in [0, 0.05) is 11.6 Å². The normalized spacial score (nSPS) is 32.2. The van der Waals surface area contributed by atoms with Crippen molar-refractivity contribution in [3.8, 4) is 0 Å². The maximum Gasteiger partial charge on any atom is 0.0306 e. The SMILES string of the molecule is CCC1CCCC(C(N)C(C)(C)N2CCCCC2)C1. The second-order valence-electron chi connectivity index (χ2n) is 7.43. The van der Waals surface area contributed by atoms with Crippen LogP contribution in [0.3, 0.4) is 0 Å². The Morgan fingerprint density at radius 1 is 1.11 bits per heavy atom. The highest BCUT2D eigenvalue weighted by Gasteiger charge is 2.39. The van der Waals surface area contributed by atoms with Gasteiger partial charge in [0.25, 0.3) is 0 Å². The van der Waals surface area contributed by atoms with Crippen LogP contribution >= 0.6 is 0 Å². The van der Waals surface area contributed by atoms with Crippen LogP contribution in [-0.4, -0.2) is 29.6 Å². The zero-order valence-electron chi connectivity index (χ0n) is 13.3. The molecule has 3 unspecified atom stereocenters. The summed E-state index contributed by atoms with van der Waals surface area (Å²) in [6, 6.07) is 0.347. The van der Waals surface area contributed by atoms with E-state index in [1.54, 1.807) is 0 Å². The van der Waals surface area contributed by atoms with Gasteiger partial charge in [0.15, 0.2) is 0 Å². The molecule has 1 saturated carbocycles. The van der Waals surface area contributed by atoms with Crippen molar-refractivity contribution < 1.29 is 0 Å². The average Bonchev–Trinajstić information content (AvgIpc) is 2.47. The summed E-state index contributed by atoms with van der Waals surface area (Å²) in [5.41, 5.74) is 6.91. The first-order chi connectivity index (χ1) is 9.05. The van der Waals surface area contributed by atoms with E-state index >= 15 is 0 Å². The summed E-state index contributed by atoms with van der Waals surface area (Å²) >= 11 is 0. The van der Waals surface area contributed by atoms with Crippen molar-refractivity contribution in [2.45, 2.75) is 83.7 Å². The van der Waals surface area contributed by atoms with E-state index in [9.17, 15) is 0 Å². The topological polar surface area (TPSA) is 29.3 Å². The highest BCUT2D eigenvalue weighted by molar-refractivity contribution is 4.97. The van der Waals surface area contributed by atoms with Crippen molar-refractivity contribution in [2.75, 3.05) is 13.1 Å². The van der Waals surface area contributed by atoms with E-state index in [4.69, 9.17) is 5.73 Å². The number of hydrogen-bond donors (Lipinski definition) is 1. The average molecular weight is 266 g/mol. The van der Waals surface area contributed by atoms with Crippen LogP contribution in [-0.2, 0) is 0 Å². The minimum Gasteiger partial charge on any atom is -0.326 e. The molecule has 1 aliphatic carbocycles. The molecule has 0 aromatic heterocycles. The number of nitrogens with zero attached hydrogens (tertiary/aromatic N) is 1. The van der Waals surface area contributed by atoms with Crippen LogP contribution in [0.5, 0.6) is 0 Å². The number of piperidine rings is 1. The van der Waals surface area contributed by atoms with E-state index in [1.165, 1.54) is 64.5 Å². The Morgan fingerprint density at radius 2 is 1.79 bits per heavy atom. The molecule has 2 aliphatic rings. The third-order valence-corrected chi connectivity index (χ3v) is 5.90. The fraction of sp³-hybridized carbons (Fsp3) is 1.00. The largest absolute Gasteiger partial charge is 0.326 e. The minimum absolute atomic E-state index is 0.181. The lowest BCUT2D eigenvalue weighted by Crippen LogP contribution is -2.60. The van der Waals surface area contributed by atoms with Gasteiger partial charge < -0.3 is 5.73 Å². The van der Waals surface area contributed by atoms with Crippen LogP contribution in [0.25, 0.3) is 0 Å². The zero-order chi connectivity index (χ0) is 13.9. The van der Waals surface area contributed by atoms with E-state index in [0.29, 0.717) is 6.04 Å². The fourth-order valence-electron chi connectivity index (χ4n) is 4.29. The molecule has 2 heteroatoms. The predicted octanol–water partition coefficient (Wildman–Crippen LogP) is 3.79. The second kappa shape index (κ2) is 6.58. The van der Waals surface area contributed by atoms with Gasteiger partial charge in [-0.2, -0.15) is 0 Å². The molecule has 0 bridgehead atoms. The number of nitrogens with two attached hydrogens (primary N) is 1. The van der Waals surface area contributed by atoms with Gasteiger partial charge in [-0.05, 0) is 64.5 Å². The molecule has 2 fully saturated rings. The van der Waals surface area contributed by atoms with Crippen LogP contribution in [0.1, 0.15) is 72.1 Å². The molecule has 2 rings (SSSR count). The van der Waals surface area contributed by atoms with Crippen molar-refractivity contribution in [3.05, 3.63) is 0 Å². The van der Waals surface area contributed by atoms with E-state index in [-0.39, 0.29) is 5.54 Å². The molecule has 2 N–H and O–H groups in total. The number of likely N-dealkylation sites (tertiary alicyclic amines) is 1. The molecule has 2 nitrogen and oxygen atoms in total. The Kier molecular flexibility index (Phi) is 5.30. The minimum atomic E-state index is 0.181. The van der Waals surface area contributed by atoms with Crippen LogP contribution in [0.4, 0.5) is 0 Å². The van der Waals surface area contributed by atoms with Crippen molar-refractivity contribution in [3.63, 3.8) is 0 Å². The zero-order valence-corrected chi connectivity index (χ0v) is 13.3. The van der Waals surface area contributed by atoms with Crippen molar-refractivity contribution in [1.82, 2.24) is 4.90 Å². The summed E-state index contributed by atoms with van der Waals surface area (Å²) in [4.78, 5) is 2.66. The second-order valence-corrected chi connectivity index (χ2v) is 7.43. The van der Waals surface area contributed by atoms with E-state index in [1.807, 2.05) is 0 Å². The van der Waals surface area contributed by atoms with Gasteiger partial charge in [-0.15, -0.1) is 0 Å². The Labute approximate surface area is 120 Å². The van der Waals surface area contributed by atoms with Gasteiger partial charge in [0.1, 0.15) is 0 Å². The Morgan fingerprint density at radius 3 is 2.42 bits per heavy atom. The monoisotopic (exact) mass is 266 g/mol. The Bertz CT molecular complexity index is 268. The molecule has 19 heavy (non-hydrogen) atoms. The summed E-state index contributed by atoms with van der Waals surface area (Å²) in [6.07, 6.45) is 11.0. The molecule has 0 amide bonds. The van der Waals surface area contributed by atoms with Crippen LogP contribution < -0.4 is 5.73 Å². The predicted molar refractivity (Wildman–Crippen MR) is 83.2 cm³/mol. The third kappa shape index (κ3) is 3.52. The van der Waals surface area contributed by atoms with E-state index < -0.39 is 0 Å². The van der Waals surface area contributed by atoms with Gasteiger partial charge in [-0.1, -0.05) is 32.6 Å². The van der Waals surface area contributed by atoms with E-state index in [2.05, 4.69) is 25.7 Å². The van der Waals surface area contributed by atoms with Gasteiger partial charge in [-0.3, -0.25) is 4.90 Å².